The SMILES string of the molecule is COC(=O)c1cc(NC(=O)c2cc(C(C)C)nc3c2cnn3C(C)C)cc(C(=O)OC)c1. The molecule has 1 N–H and O–H groups in total. The molecular weight excluding hydrogens is 412 g/mol. The molecule has 0 aliphatic carbocycles. The number of carbonyl (C=O) groups excluding carboxylic acids is 3. The Balaban J connectivity index is 2.08. The van der Waals surface area contributed by atoms with Crippen LogP contribution >= 0.6 is 0 Å². The van der Waals surface area contributed by atoms with Crippen LogP contribution in [-0.2, 0) is 9.47 Å². The number of hydrogen-bond acceptors (Lipinski definition) is 7. The van der Waals surface area contributed by atoms with Crippen LogP contribution in [0.5, 0.6) is 0 Å². The third kappa shape index (κ3) is 4.46. The standard InChI is InChI=1S/C23H26N4O5/c1-12(2)19-10-17(18-11-24-27(13(3)4)20(18)26-19)21(28)25-16-8-14(22(29)31-5)7-15(9-16)23(30)32-6/h7-13H,1-6H3,(H,25,28). The second-order valence-corrected chi connectivity index (χ2v) is 7.91. The molecule has 0 atom stereocenters. The zero-order valence-electron chi connectivity index (χ0n) is 18.9. The first-order valence-corrected chi connectivity index (χ1v) is 10.2. The first-order chi connectivity index (χ1) is 15.2. The quantitative estimate of drug-likeness (QED) is 0.580. The summed E-state index contributed by atoms with van der Waals surface area (Å²) in [5, 5.41) is 7.78. The Hall–Kier alpha value is -3.75. The lowest BCUT2D eigenvalue weighted by Gasteiger charge is -2.13. The number of rotatable bonds is 6. The van der Waals surface area contributed by atoms with Crippen molar-refractivity contribution in [1.82, 2.24) is 14.8 Å². The van der Waals surface area contributed by atoms with Gasteiger partial charge in [0.2, 0.25) is 0 Å². The lowest BCUT2D eigenvalue weighted by atomic mass is 10.0. The van der Waals surface area contributed by atoms with E-state index in [4.69, 9.17) is 14.5 Å². The van der Waals surface area contributed by atoms with Crippen molar-refractivity contribution < 1.29 is 23.9 Å². The number of aromatic nitrogens is 3. The summed E-state index contributed by atoms with van der Waals surface area (Å²) in [6, 6.07) is 6.03. The molecule has 0 aliphatic heterocycles. The number of carbonyl (C=O) groups is 3. The molecule has 1 aromatic carbocycles. The highest BCUT2D eigenvalue weighted by Crippen LogP contribution is 2.26. The number of nitrogens with one attached hydrogen (secondary N) is 1. The van der Waals surface area contributed by atoms with Crippen molar-refractivity contribution in [3.05, 3.63) is 52.8 Å². The van der Waals surface area contributed by atoms with Gasteiger partial charge < -0.3 is 14.8 Å². The molecule has 32 heavy (non-hydrogen) atoms. The second-order valence-electron chi connectivity index (χ2n) is 7.91. The highest BCUT2D eigenvalue weighted by molar-refractivity contribution is 6.12. The number of amides is 1. The summed E-state index contributed by atoms with van der Waals surface area (Å²) in [5.74, 6) is -1.61. The van der Waals surface area contributed by atoms with Crippen molar-refractivity contribution in [2.24, 2.45) is 0 Å². The van der Waals surface area contributed by atoms with Crippen molar-refractivity contribution in [2.75, 3.05) is 19.5 Å². The predicted octanol–water partition coefficient (Wildman–Crippen LogP) is 3.96. The molecular formula is C23H26N4O5. The Morgan fingerprint density at radius 3 is 2.03 bits per heavy atom. The summed E-state index contributed by atoms with van der Waals surface area (Å²) in [6.45, 7) is 7.97. The molecule has 3 aromatic rings. The maximum atomic E-state index is 13.3. The summed E-state index contributed by atoms with van der Waals surface area (Å²) < 4.78 is 11.3. The van der Waals surface area contributed by atoms with Gasteiger partial charge in [-0.1, -0.05) is 13.8 Å². The normalized spacial score (nSPS) is 11.1. The van der Waals surface area contributed by atoms with Gasteiger partial charge in [0.05, 0.1) is 42.5 Å². The number of nitrogens with zero attached hydrogens (tertiary/aromatic N) is 3. The molecule has 0 fully saturated rings. The fraction of sp³-hybridized carbons (Fsp3) is 0.348. The summed E-state index contributed by atoms with van der Waals surface area (Å²) in [6.07, 6.45) is 1.62. The van der Waals surface area contributed by atoms with Gasteiger partial charge in [0.25, 0.3) is 5.91 Å². The van der Waals surface area contributed by atoms with Crippen LogP contribution in [0.3, 0.4) is 0 Å². The average Bonchev–Trinajstić information content (AvgIpc) is 3.21. The number of fused-ring (bicyclic) bond motifs is 1. The third-order valence-corrected chi connectivity index (χ3v) is 4.94. The minimum absolute atomic E-state index is 0.0673. The number of pyridine rings is 1. The summed E-state index contributed by atoms with van der Waals surface area (Å²) in [4.78, 5) is 42.1. The highest BCUT2D eigenvalue weighted by atomic mass is 16.5. The van der Waals surface area contributed by atoms with Crippen LogP contribution in [0.1, 0.15) is 76.4 Å². The van der Waals surface area contributed by atoms with E-state index in [0.29, 0.717) is 16.6 Å². The highest BCUT2D eigenvalue weighted by Gasteiger charge is 2.20. The van der Waals surface area contributed by atoms with Gasteiger partial charge in [0.15, 0.2) is 5.65 Å². The Morgan fingerprint density at radius 1 is 0.938 bits per heavy atom. The van der Waals surface area contributed by atoms with E-state index in [1.807, 2.05) is 27.7 Å². The van der Waals surface area contributed by atoms with Gasteiger partial charge in [-0.2, -0.15) is 5.10 Å². The molecule has 0 spiro atoms. The van der Waals surface area contributed by atoms with Crippen LogP contribution in [0.25, 0.3) is 11.0 Å². The van der Waals surface area contributed by atoms with E-state index < -0.39 is 17.8 Å². The molecule has 3 rings (SSSR count). The van der Waals surface area contributed by atoms with E-state index in [9.17, 15) is 14.4 Å². The molecule has 9 heteroatoms. The largest absolute Gasteiger partial charge is 0.465 e. The minimum Gasteiger partial charge on any atom is -0.465 e. The van der Waals surface area contributed by atoms with Gasteiger partial charge in [-0.3, -0.25) is 4.79 Å². The van der Waals surface area contributed by atoms with E-state index >= 15 is 0 Å². The van der Waals surface area contributed by atoms with Crippen LogP contribution in [0.4, 0.5) is 5.69 Å². The van der Waals surface area contributed by atoms with E-state index in [-0.39, 0.29) is 28.8 Å². The van der Waals surface area contributed by atoms with Crippen molar-refractivity contribution in [3.63, 3.8) is 0 Å². The average molecular weight is 438 g/mol. The molecule has 0 saturated heterocycles. The van der Waals surface area contributed by atoms with Crippen molar-refractivity contribution >= 4 is 34.6 Å². The number of anilines is 1. The van der Waals surface area contributed by atoms with E-state index in [1.54, 1.807) is 16.9 Å². The lowest BCUT2D eigenvalue weighted by molar-refractivity contribution is 0.0599. The lowest BCUT2D eigenvalue weighted by Crippen LogP contribution is -2.16. The molecule has 168 valence electrons. The first kappa shape index (κ1) is 22.9. The fourth-order valence-corrected chi connectivity index (χ4v) is 3.27. The maximum Gasteiger partial charge on any atom is 0.337 e. The summed E-state index contributed by atoms with van der Waals surface area (Å²) in [7, 11) is 2.47. The van der Waals surface area contributed by atoms with Crippen molar-refractivity contribution in [2.45, 2.75) is 39.7 Å². The zero-order valence-corrected chi connectivity index (χ0v) is 18.9. The topological polar surface area (TPSA) is 112 Å². The smallest absolute Gasteiger partial charge is 0.337 e. The maximum absolute atomic E-state index is 13.3. The Bertz CT molecular complexity index is 1160. The Labute approximate surface area is 185 Å². The fourth-order valence-electron chi connectivity index (χ4n) is 3.27. The molecule has 0 radical (unpaired) electrons. The number of methoxy groups -OCH3 is 2. The van der Waals surface area contributed by atoms with E-state index in [1.165, 1.54) is 32.4 Å². The van der Waals surface area contributed by atoms with E-state index in [0.717, 1.165) is 5.69 Å². The summed E-state index contributed by atoms with van der Waals surface area (Å²) >= 11 is 0. The van der Waals surface area contributed by atoms with Crippen LogP contribution in [-0.4, -0.2) is 46.8 Å². The van der Waals surface area contributed by atoms with Crippen LogP contribution in [0.15, 0.2) is 30.5 Å². The zero-order chi connectivity index (χ0) is 23.6. The van der Waals surface area contributed by atoms with Gasteiger partial charge in [-0.15, -0.1) is 0 Å². The number of benzene rings is 1. The molecule has 9 nitrogen and oxygen atoms in total. The summed E-state index contributed by atoms with van der Waals surface area (Å²) in [5.41, 5.74) is 2.25. The van der Waals surface area contributed by atoms with Gasteiger partial charge in [-0.05, 0) is 44.0 Å². The van der Waals surface area contributed by atoms with Crippen molar-refractivity contribution in [1.29, 1.82) is 0 Å². The van der Waals surface area contributed by atoms with Gasteiger partial charge in [-0.25, -0.2) is 19.3 Å². The van der Waals surface area contributed by atoms with Gasteiger partial charge >= 0.3 is 11.9 Å². The minimum atomic E-state index is -0.641. The van der Waals surface area contributed by atoms with Crippen LogP contribution in [0.2, 0.25) is 0 Å². The molecule has 0 unspecified atom stereocenters. The molecule has 2 heterocycles. The molecule has 1 amide bonds. The number of hydrogen-bond donors (Lipinski definition) is 1. The second kappa shape index (κ2) is 9.17. The van der Waals surface area contributed by atoms with Gasteiger partial charge in [0.1, 0.15) is 0 Å². The monoisotopic (exact) mass is 438 g/mol. The van der Waals surface area contributed by atoms with E-state index in [2.05, 4.69) is 10.4 Å². The molecule has 0 bridgehead atoms. The number of esters is 2. The Morgan fingerprint density at radius 2 is 1.53 bits per heavy atom. The van der Waals surface area contributed by atoms with Crippen LogP contribution < -0.4 is 5.32 Å². The number of ether oxygens (including phenoxy) is 2. The molecule has 2 aromatic heterocycles. The van der Waals surface area contributed by atoms with Crippen molar-refractivity contribution in [3.8, 4) is 0 Å². The molecule has 0 saturated carbocycles. The van der Waals surface area contributed by atoms with Crippen LogP contribution in [0, 0.1) is 0 Å². The predicted molar refractivity (Wildman–Crippen MR) is 119 cm³/mol. The third-order valence-electron chi connectivity index (χ3n) is 4.94. The molecule has 0 aliphatic rings. The first-order valence-electron chi connectivity index (χ1n) is 10.2. The van der Waals surface area contributed by atoms with Gasteiger partial charge in [0, 0.05) is 17.4 Å². The Kier molecular flexibility index (Phi) is 6.57.